The minimum Gasteiger partial charge on any atom is -0.444 e. The number of ketones is 1. The normalized spacial score (nSPS) is 19.4. The van der Waals surface area contributed by atoms with Crippen LogP contribution in [0.5, 0.6) is 0 Å². The van der Waals surface area contributed by atoms with Crippen molar-refractivity contribution in [2.24, 2.45) is 5.92 Å². The summed E-state index contributed by atoms with van der Waals surface area (Å²) in [5.74, 6) is -0.937. The highest BCUT2D eigenvalue weighted by atomic mass is 16.6. The van der Waals surface area contributed by atoms with Gasteiger partial charge in [-0.25, -0.2) is 4.79 Å². The van der Waals surface area contributed by atoms with E-state index in [9.17, 15) is 24.8 Å². The van der Waals surface area contributed by atoms with E-state index in [1.807, 2.05) is 0 Å². The highest BCUT2D eigenvalue weighted by Gasteiger charge is 2.36. The Balaban J connectivity index is 2.11. The first-order valence-corrected chi connectivity index (χ1v) is 8.01. The quantitative estimate of drug-likeness (QED) is 0.662. The fraction of sp³-hybridized carbons (Fsp3) is 0.529. The second-order valence-electron chi connectivity index (χ2n) is 7.04. The van der Waals surface area contributed by atoms with E-state index in [0.717, 1.165) is 0 Å². The maximum absolute atomic E-state index is 12.2. The maximum atomic E-state index is 12.2. The number of aliphatic hydroxyl groups is 1. The van der Waals surface area contributed by atoms with Crippen LogP contribution < -0.4 is 0 Å². The number of carbonyl (C=O) groups excluding carboxylic acids is 2. The molecule has 2 atom stereocenters. The van der Waals surface area contributed by atoms with Crippen LogP contribution in [0.25, 0.3) is 0 Å². The highest BCUT2D eigenvalue weighted by Crippen LogP contribution is 2.29. The predicted octanol–water partition coefficient (Wildman–Crippen LogP) is 2.45. The van der Waals surface area contributed by atoms with Gasteiger partial charge < -0.3 is 14.7 Å². The zero-order chi connectivity index (χ0) is 18.8. The third kappa shape index (κ3) is 4.76. The lowest BCUT2D eigenvalue weighted by molar-refractivity contribution is -0.384. The summed E-state index contributed by atoms with van der Waals surface area (Å²) in [7, 11) is 0. The molecule has 1 saturated heterocycles. The predicted molar refractivity (Wildman–Crippen MR) is 89.0 cm³/mol. The van der Waals surface area contributed by atoms with Gasteiger partial charge in [0.1, 0.15) is 11.4 Å². The third-order valence-corrected chi connectivity index (χ3v) is 3.94. The number of nitro groups is 1. The number of carbonyl (C=O) groups is 2. The van der Waals surface area contributed by atoms with E-state index in [2.05, 4.69) is 0 Å². The molecule has 0 bridgehead atoms. The van der Waals surface area contributed by atoms with Crippen LogP contribution in [-0.2, 0) is 9.53 Å². The standard InChI is InChI=1S/C17H22N2O6/c1-17(2,3)25-16(22)18-9-8-14(20)13(10-18)15(21)11-4-6-12(7-5-11)19(23)24/h4-7,13,15,21H,8-10H2,1-3H3. The molecule has 1 aliphatic rings. The summed E-state index contributed by atoms with van der Waals surface area (Å²) in [5, 5.41) is 21.2. The van der Waals surface area contributed by atoms with E-state index in [-0.39, 0.29) is 31.0 Å². The van der Waals surface area contributed by atoms with E-state index in [4.69, 9.17) is 4.74 Å². The number of amides is 1. The molecule has 1 fully saturated rings. The number of nitrogens with zero attached hydrogens (tertiary/aromatic N) is 2. The van der Waals surface area contributed by atoms with Crippen LogP contribution in [0.15, 0.2) is 24.3 Å². The zero-order valence-corrected chi connectivity index (χ0v) is 14.5. The molecule has 1 N–H and O–H groups in total. The van der Waals surface area contributed by atoms with Crippen molar-refractivity contribution in [1.29, 1.82) is 0 Å². The molecule has 1 aliphatic heterocycles. The number of hydrogen-bond acceptors (Lipinski definition) is 6. The number of likely N-dealkylation sites (tertiary alicyclic amines) is 1. The fourth-order valence-electron chi connectivity index (χ4n) is 2.65. The van der Waals surface area contributed by atoms with E-state index in [1.165, 1.54) is 29.2 Å². The Labute approximate surface area is 145 Å². The van der Waals surface area contributed by atoms with Crippen molar-refractivity contribution in [3.8, 4) is 0 Å². The first kappa shape index (κ1) is 18.9. The molecular weight excluding hydrogens is 328 g/mol. The number of non-ortho nitro benzene ring substituents is 1. The lowest BCUT2D eigenvalue weighted by Gasteiger charge is -2.35. The van der Waals surface area contributed by atoms with E-state index in [1.54, 1.807) is 20.8 Å². The molecule has 8 nitrogen and oxygen atoms in total. The van der Waals surface area contributed by atoms with Crippen LogP contribution in [0, 0.1) is 16.0 Å². The monoisotopic (exact) mass is 350 g/mol. The van der Waals surface area contributed by atoms with Crippen molar-refractivity contribution in [3.05, 3.63) is 39.9 Å². The van der Waals surface area contributed by atoms with Crippen LogP contribution in [0.4, 0.5) is 10.5 Å². The SMILES string of the molecule is CC(C)(C)OC(=O)N1CCC(=O)C(C(O)c2ccc([N+](=O)[O-])cc2)C1. The Bertz CT molecular complexity index is 665. The maximum Gasteiger partial charge on any atom is 0.410 e. The molecule has 1 amide bonds. The summed E-state index contributed by atoms with van der Waals surface area (Å²) in [6.45, 7) is 5.55. The van der Waals surface area contributed by atoms with Crippen LogP contribution in [-0.4, -0.2) is 45.5 Å². The molecule has 8 heteroatoms. The van der Waals surface area contributed by atoms with Crippen LogP contribution >= 0.6 is 0 Å². The van der Waals surface area contributed by atoms with Gasteiger partial charge in [0.25, 0.3) is 5.69 Å². The summed E-state index contributed by atoms with van der Waals surface area (Å²) >= 11 is 0. The number of benzene rings is 1. The van der Waals surface area contributed by atoms with Crippen LogP contribution in [0.1, 0.15) is 38.9 Å². The van der Waals surface area contributed by atoms with Crippen molar-refractivity contribution in [1.82, 2.24) is 4.90 Å². The molecule has 136 valence electrons. The van der Waals surface area contributed by atoms with Gasteiger partial charge in [0.05, 0.1) is 16.9 Å². The van der Waals surface area contributed by atoms with Gasteiger partial charge in [0.15, 0.2) is 0 Å². The summed E-state index contributed by atoms with van der Waals surface area (Å²) < 4.78 is 5.31. The molecule has 0 aromatic heterocycles. The van der Waals surface area contributed by atoms with E-state index in [0.29, 0.717) is 5.56 Å². The van der Waals surface area contributed by atoms with Gasteiger partial charge in [-0.1, -0.05) is 0 Å². The average Bonchev–Trinajstić information content (AvgIpc) is 2.53. The lowest BCUT2D eigenvalue weighted by atomic mass is 9.87. The first-order chi connectivity index (χ1) is 11.6. The largest absolute Gasteiger partial charge is 0.444 e. The Hall–Kier alpha value is -2.48. The number of rotatable bonds is 3. The number of aliphatic hydroxyl groups excluding tert-OH is 1. The second kappa shape index (κ2) is 7.18. The first-order valence-electron chi connectivity index (χ1n) is 8.01. The molecular formula is C17H22N2O6. The second-order valence-corrected chi connectivity index (χ2v) is 7.04. The van der Waals surface area contributed by atoms with Gasteiger partial charge >= 0.3 is 6.09 Å². The number of piperidine rings is 1. The number of Topliss-reactive ketones (excluding diaryl/α,β-unsaturated/α-hetero) is 1. The number of hydrogen-bond donors (Lipinski definition) is 1. The topological polar surface area (TPSA) is 110 Å². The highest BCUT2D eigenvalue weighted by molar-refractivity contribution is 5.84. The molecule has 1 aromatic carbocycles. The van der Waals surface area contributed by atoms with Crippen molar-refractivity contribution in [2.45, 2.75) is 38.9 Å². The van der Waals surface area contributed by atoms with Gasteiger partial charge in [-0.05, 0) is 38.5 Å². The smallest absolute Gasteiger partial charge is 0.410 e. The van der Waals surface area contributed by atoms with Gasteiger partial charge in [-0.2, -0.15) is 0 Å². The molecule has 1 heterocycles. The number of nitro benzene ring substituents is 1. The molecule has 2 rings (SSSR count). The van der Waals surface area contributed by atoms with Crippen molar-refractivity contribution < 1.29 is 24.4 Å². The minimum atomic E-state index is -1.14. The van der Waals surface area contributed by atoms with Gasteiger partial charge in [-0.3, -0.25) is 14.9 Å². The van der Waals surface area contributed by atoms with Crippen molar-refractivity contribution in [3.63, 3.8) is 0 Å². The zero-order valence-electron chi connectivity index (χ0n) is 14.5. The molecule has 0 radical (unpaired) electrons. The third-order valence-electron chi connectivity index (χ3n) is 3.94. The summed E-state index contributed by atoms with van der Waals surface area (Å²) in [5.41, 5.74) is -0.346. The summed E-state index contributed by atoms with van der Waals surface area (Å²) in [6.07, 6.45) is -1.53. The molecule has 1 aromatic rings. The molecule has 0 spiro atoms. The Morgan fingerprint density at radius 2 is 1.96 bits per heavy atom. The lowest BCUT2D eigenvalue weighted by Crippen LogP contribution is -2.47. The summed E-state index contributed by atoms with van der Waals surface area (Å²) in [6, 6.07) is 5.39. The van der Waals surface area contributed by atoms with Crippen LogP contribution in [0.2, 0.25) is 0 Å². The van der Waals surface area contributed by atoms with Gasteiger partial charge in [-0.15, -0.1) is 0 Å². The Morgan fingerprint density at radius 3 is 2.48 bits per heavy atom. The van der Waals surface area contributed by atoms with Crippen molar-refractivity contribution in [2.75, 3.05) is 13.1 Å². The fourth-order valence-corrected chi connectivity index (χ4v) is 2.65. The van der Waals surface area contributed by atoms with Gasteiger partial charge in [0.2, 0.25) is 0 Å². The van der Waals surface area contributed by atoms with Crippen molar-refractivity contribution >= 4 is 17.6 Å². The minimum absolute atomic E-state index is 0.0475. The van der Waals surface area contributed by atoms with E-state index >= 15 is 0 Å². The molecule has 0 saturated carbocycles. The molecule has 25 heavy (non-hydrogen) atoms. The van der Waals surface area contributed by atoms with Gasteiger partial charge in [0, 0.05) is 31.6 Å². The Kier molecular flexibility index (Phi) is 5.42. The van der Waals surface area contributed by atoms with E-state index < -0.39 is 28.6 Å². The average molecular weight is 350 g/mol. The Morgan fingerprint density at radius 1 is 1.36 bits per heavy atom. The molecule has 0 aliphatic carbocycles. The van der Waals surface area contributed by atoms with Crippen LogP contribution in [0.3, 0.4) is 0 Å². The number of ether oxygens (including phenoxy) is 1. The molecule has 2 unspecified atom stereocenters. The summed E-state index contributed by atoms with van der Waals surface area (Å²) in [4.78, 5) is 35.9.